The largest absolute Gasteiger partial charge is 0.488 e. The second kappa shape index (κ2) is 5.11. The van der Waals surface area contributed by atoms with Crippen molar-refractivity contribution in [2.24, 2.45) is 0 Å². The number of benzene rings is 1. The zero-order valence-corrected chi connectivity index (χ0v) is 10.9. The number of anilines is 1. The quantitative estimate of drug-likeness (QED) is 0.413. The molecule has 7 nitrogen and oxygen atoms in total. The summed E-state index contributed by atoms with van der Waals surface area (Å²) in [4.78, 5) is 8.18. The fourth-order valence-electron chi connectivity index (χ4n) is 2.14. The Labute approximate surface area is 119 Å². The van der Waals surface area contributed by atoms with Gasteiger partial charge in [-0.3, -0.25) is 0 Å². The van der Waals surface area contributed by atoms with E-state index in [1.54, 1.807) is 28.8 Å². The molecule has 2 heterocycles. The van der Waals surface area contributed by atoms with Crippen LogP contribution in [0.4, 0.5) is 10.3 Å². The van der Waals surface area contributed by atoms with Crippen molar-refractivity contribution in [1.29, 1.82) is 0 Å². The molecule has 0 unspecified atom stereocenters. The van der Waals surface area contributed by atoms with Crippen molar-refractivity contribution in [2.45, 2.75) is 6.54 Å². The van der Waals surface area contributed by atoms with Crippen LogP contribution in [-0.2, 0) is 6.54 Å². The molecule has 4 N–H and O–H groups in total. The Kier molecular flexibility index (Phi) is 3.28. The van der Waals surface area contributed by atoms with Crippen molar-refractivity contribution >= 4 is 29.6 Å². The molecule has 2 aromatic heterocycles. The van der Waals surface area contributed by atoms with Crippen LogP contribution in [0.25, 0.3) is 11.2 Å². The molecular weight excluding hydrogens is 276 g/mol. The molecule has 9 heteroatoms. The van der Waals surface area contributed by atoms with Crippen LogP contribution >= 0.6 is 0 Å². The zero-order chi connectivity index (χ0) is 15.0. The second-order valence-electron chi connectivity index (χ2n) is 4.60. The lowest BCUT2D eigenvalue weighted by Crippen LogP contribution is -2.34. The van der Waals surface area contributed by atoms with Crippen molar-refractivity contribution in [3.05, 3.63) is 42.5 Å². The monoisotopic (exact) mass is 288 g/mol. The van der Waals surface area contributed by atoms with E-state index in [-0.39, 0.29) is 11.3 Å². The maximum atomic E-state index is 13.8. The molecule has 3 rings (SSSR count). The molecule has 0 fully saturated rings. The summed E-state index contributed by atoms with van der Waals surface area (Å²) in [7, 11) is -1.51. The van der Waals surface area contributed by atoms with Crippen LogP contribution in [0.3, 0.4) is 0 Å². The molecule has 3 aromatic rings. The second-order valence-corrected chi connectivity index (χ2v) is 4.60. The molecule has 1 aromatic carbocycles. The highest BCUT2D eigenvalue weighted by molar-refractivity contribution is 6.58. The van der Waals surface area contributed by atoms with Gasteiger partial charge in [-0.25, -0.2) is 4.57 Å². The van der Waals surface area contributed by atoms with E-state index in [0.29, 0.717) is 22.4 Å². The fourth-order valence-corrected chi connectivity index (χ4v) is 2.14. The van der Waals surface area contributed by atoms with Gasteiger partial charge in [0.25, 0.3) is 5.52 Å². The average Bonchev–Trinajstić information content (AvgIpc) is 2.77. The first kappa shape index (κ1) is 13.5. The smallest absolute Gasteiger partial charge is 0.423 e. The third kappa shape index (κ3) is 2.44. The number of nitrogens with two attached hydrogens (primary N) is 1. The van der Waals surface area contributed by atoms with Gasteiger partial charge in [0.15, 0.2) is 12.1 Å². The molecule has 0 aliphatic rings. The lowest BCUT2D eigenvalue weighted by Gasteiger charge is -2.02. The van der Waals surface area contributed by atoms with E-state index >= 15 is 0 Å². The molecule has 0 atom stereocenters. The lowest BCUT2D eigenvalue weighted by atomic mass is 9.80. The van der Waals surface area contributed by atoms with E-state index in [1.807, 2.05) is 0 Å². The van der Waals surface area contributed by atoms with Crippen LogP contribution in [0.1, 0.15) is 5.56 Å². The van der Waals surface area contributed by atoms with Crippen LogP contribution in [0.5, 0.6) is 0 Å². The van der Waals surface area contributed by atoms with Gasteiger partial charge in [0.1, 0.15) is 0 Å². The first-order valence-electron chi connectivity index (χ1n) is 6.18. The van der Waals surface area contributed by atoms with Crippen LogP contribution < -0.4 is 15.8 Å². The minimum Gasteiger partial charge on any atom is -0.423 e. The van der Waals surface area contributed by atoms with E-state index in [9.17, 15) is 4.48 Å². The third-order valence-corrected chi connectivity index (χ3v) is 3.19. The van der Waals surface area contributed by atoms with E-state index < -0.39 is 7.12 Å². The first-order valence-corrected chi connectivity index (χ1v) is 6.18. The van der Waals surface area contributed by atoms with Crippen molar-refractivity contribution in [3.63, 3.8) is 0 Å². The topological polar surface area (TPSA) is 101 Å². The zero-order valence-electron chi connectivity index (χ0n) is 10.9. The molecule has 0 aliphatic heterocycles. The minimum absolute atomic E-state index is 0.0694. The molecule has 0 radical (unpaired) electrons. The average molecular weight is 288 g/mol. The summed E-state index contributed by atoms with van der Waals surface area (Å²) in [6.45, 7) is 0.367. The van der Waals surface area contributed by atoms with Gasteiger partial charge in [-0.1, -0.05) is 34.0 Å². The van der Waals surface area contributed by atoms with Gasteiger partial charge in [0, 0.05) is 0 Å². The number of nitrogens with zero attached hydrogens (tertiary/aromatic N) is 4. The molecule has 0 saturated heterocycles. The summed E-state index contributed by atoms with van der Waals surface area (Å²) < 4.78 is 15.4. The Balaban J connectivity index is 1.97. The maximum Gasteiger partial charge on any atom is 0.488 e. The van der Waals surface area contributed by atoms with Gasteiger partial charge >= 0.3 is 12.8 Å². The van der Waals surface area contributed by atoms with Gasteiger partial charge in [0.2, 0.25) is 6.33 Å². The van der Waals surface area contributed by atoms with E-state index in [1.165, 1.54) is 12.7 Å². The molecule has 0 spiro atoms. The van der Waals surface area contributed by atoms with Crippen molar-refractivity contribution < 1.29 is 19.1 Å². The Bertz CT molecular complexity index is 790. The van der Waals surface area contributed by atoms with Gasteiger partial charge in [0.05, 0.1) is 6.54 Å². The van der Waals surface area contributed by atoms with Crippen LogP contribution in [0.2, 0.25) is 0 Å². The fraction of sp³-hybridized carbons (Fsp3) is 0.0833. The SMILES string of the molecule is Nc1ncnc2c1n(F)c[n+]2Cc1ccc(B(O)O)cc1. The Morgan fingerprint density at radius 2 is 1.95 bits per heavy atom. The number of fused-ring (bicyclic) bond motifs is 1. The van der Waals surface area contributed by atoms with Gasteiger partial charge in [-0.15, -0.1) is 0 Å². The van der Waals surface area contributed by atoms with Gasteiger partial charge in [-0.05, 0) is 15.5 Å². The number of nitrogen functional groups attached to an aromatic ring is 1. The lowest BCUT2D eigenvalue weighted by molar-refractivity contribution is -0.665. The highest BCUT2D eigenvalue weighted by Gasteiger charge is 2.20. The minimum atomic E-state index is -1.51. The molecule has 0 aliphatic carbocycles. The normalized spacial score (nSPS) is 11.0. The molecular formula is C12H12BFN5O2+. The molecule has 0 amide bonds. The Hall–Kier alpha value is -2.52. The molecule has 21 heavy (non-hydrogen) atoms. The van der Waals surface area contributed by atoms with Crippen molar-refractivity contribution in [2.75, 3.05) is 5.73 Å². The number of halogens is 1. The number of hydrogen-bond acceptors (Lipinski definition) is 5. The highest BCUT2D eigenvalue weighted by atomic mass is 19.2. The van der Waals surface area contributed by atoms with Crippen LogP contribution in [-0.4, -0.2) is 31.9 Å². The van der Waals surface area contributed by atoms with Crippen LogP contribution in [0.15, 0.2) is 36.9 Å². The summed E-state index contributed by atoms with van der Waals surface area (Å²) in [5, 5.41) is 18.1. The third-order valence-electron chi connectivity index (χ3n) is 3.19. The summed E-state index contributed by atoms with van der Waals surface area (Å²) in [5.41, 5.74) is 7.39. The number of hydrogen-bond donors (Lipinski definition) is 3. The number of imidazole rings is 1. The standard InChI is InChI=1S/C12H12BFN5O2/c14-19-7-18(12-10(19)11(15)16-6-17-12)5-8-1-3-9(4-2-8)13(20)21/h1-4,6-7,20-21H,5H2,(H2,15,16,17)/q+1. The van der Waals surface area contributed by atoms with E-state index in [2.05, 4.69) is 9.97 Å². The molecule has 0 bridgehead atoms. The van der Waals surface area contributed by atoms with E-state index in [0.717, 1.165) is 5.56 Å². The Morgan fingerprint density at radius 1 is 1.24 bits per heavy atom. The first-order chi connectivity index (χ1) is 10.1. The predicted molar refractivity (Wildman–Crippen MR) is 74.0 cm³/mol. The van der Waals surface area contributed by atoms with Crippen LogP contribution in [0, 0.1) is 0 Å². The maximum absolute atomic E-state index is 13.8. The van der Waals surface area contributed by atoms with Gasteiger partial charge < -0.3 is 15.8 Å². The summed E-state index contributed by atoms with van der Waals surface area (Å²) in [6, 6.07) is 6.65. The number of rotatable bonds is 3. The summed E-state index contributed by atoms with van der Waals surface area (Å²) in [6.07, 6.45) is 2.52. The predicted octanol–water partition coefficient (Wildman–Crippen LogP) is -1.24. The number of aromatic nitrogens is 4. The van der Waals surface area contributed by atoms with Crippen molar-refractivity contribution in [3.8, 4) is 0 Å². The van der Waals surface area contributed by atoms with E-state index in [4.69, 9.17) is 15.8 Å². The summed E-state index contributed by atoms with van der Waals surface area (Å²) >= 11 is 0. The molecule has 106 valence electrons. The van der Waals surface area contributed by atoms with Crippen molar-refractivity contribution in [1.82, 2.24) is 14.8 Å². The molecule has 0 saturated carbocycles. The van der Waals surface area contributed by atoms with Gasteiger partial charge in [-0.2, -0.15) is 4.98 Å². The Morgan fingerprint density at radius 3 is 2.62 bits per heavy atom. The highest BCUT2D eigenvalue weighted by Crippen LogP contribution is 2.14. The summed E-state index contributed by atoms with van der Waals surface area (Å²) in [5.74, 6) is 0.0694.